The quantitative estimate of drug-likeness (QED) is 0.253. The Balaban J connectivity index is 1.05. The molecule has 7 rings (SSSR count). The van der Waals surface area contributed by atoms with Crippen LogP contribution in [0.15, 0.2) is 0 Å². The molecule has 6 aliphatic carbocycles. The molecule has 0 bridgehead atoms. The van der Waals surface area contributed by atoms with Crippen molar-refractivity contribution in [2.75, 3.05) is 13.1 Å². The number of piperidine rings is 1. The lowest BCUT2D eigenvalue weighted by molar-refractivity contribution is -0.247. The molecule has 5 unspecified atom stereocenters. The van der Waals surface area contributed by atoms with Crippen LogP contribution in [-0.4, -0.2) is 59.0 Å². The van der Waals surface area contributed by atoms with Crippen molar-refractivity contribution in [3.63, 3.8) is 0 Å². The second-order valence-corrected chi connectivity index (χ2v) is 22.0. The Morgan fingerprint density at radius 1 is 0.736 bits per heavy atom. The van der Waals surface area contributed by atoms with Gasteiger partial charge in [-0.25, -0.2) is 0 Å². The van der Waals surface area contributed by atoms with Gasteiger partial charge in [0.15, 0.2) is 0 Å². The molecule has 1 aliphatic heterocycles. The van der Waals surface area contributed by atoms with E-state index in [4.69, 9.17) is 4.74 Å². The average Bonchev–Trinajstić information content (AvgIpc) is 3.53. The van der Waals surface area contributed by atoms with Crippen molar-refractivity contribution in [1.29, 1.82) is 0 Å². The first-order valence-electron chi connectivity index (χ1n) is 21.7. The number of fused-ring (bicyclic) bond motifs is 7. The number of nitrogens with zero attached hydrogens (tertiary/aromatic N) is 1. The lowest BCUT2D eigenvalue weighted by Gasteiger charge is -2.72. The van der Waals surface area contributed by atoms with Gasteiger partial charge in [-0.2, -0.15) is 0 Å². The zero-order chi connectivity index (χ0) is 38.6. The first-order valence-corrected chi connectivity index (χ1v) is 21.7. The molecule has 2 amide bonds. The van der Waals surface area contributed by atoms with Crippen molar-refractivity contribution in [3.05, 3.63) is 0 Å². The number of nitrogens with one attached hydrogen (secondary N) is 1. The highest BCUT2D eigenvalue weighted by atomic mass is 16.5. The van der Waals surface area contributed by atoms with E-state index in [9.17, 15) is 24.3 Å². The van der Waals surface area contributed by atoms with Crippen LogP contribution < -0.4 is 5.32 Å². The van der Waals surface area contributed by atoms with Crippen molar-refractivity contribution in [3.8, 4) is 0 Å². The second-order valence-electron chi connectivity index (χ2n) is 22.0. The Labute approximate surface area is 320 Å². The van der Waals surface area contributed by atoms with E-state index in [1.807, 2.05) is 0 Å². The third-order valence-corrected chi connectivity index (χ3v) is 18.7. The summed E-state index contributed by atoms with van der Waals surface area (Å²) in [4.78, 5) is 55.1. The number of esters is 1. The highest BCUT2D eigenvalue weighted by Gasteiger charge is 2.71. The second kappa shape index (κ2) is 13.0. The molecule has 298 valence electrons. The van der Waals surface area contributed by atoms with Crippen molar-refractivity contribution in [2.45, 2.75) is 177 Å². The smallest absolute Gasteiger partial charge is 0.309 e. The lowest BCUT2D eigenvalue weighted by Crippen LogP contribution is -2.68. The lowest BCUT2D eigenvalue weighted by atomic mass is 9.32. The summed E-state index contributed by atoms with van der Waals surface area (Å²) >= 11 is 0. The topological polar surface area (TPSA) is 113 Å². The summed E-state index contributed by atoms with van der Waals surface area (Å²) < 4.78 is 6.17. The molecule has 0 aromatic rings. The fraction of sp³-hybridized carbons (Fsp3) is 0.911. The molecule has 7 fully saturated rings. The van der Waals surface area contributed by atoms with Gasteiger partial charge in [0.25, 0.3) is 0 Å². The van der Waals surface area contributed by atoms with Gasteiger partial charge >= 0.3 is 11.9 Å². The van der Waals surface area contributed by atoms with Gasteiger partial charge < -0.3 is 20.1 Å². The minimum atomic E-state index is -1.15. The van der Waals surface area contributed by atoms with Crippen LogP contribution in [0.1, 0.15) is 165 Å². The zero-order valence-corrected chi connectivity index (χ0v) is 34.7. The monoisotopic (exact) mass is 737 g/mol. The van der Waals surface area contributed by atoms with E-state index in [2.05, 4.69) is 58.7 Å². The highest BCUT2D eigenvalue weighted by molar-refractivity contribution is 5.86. The van der Waals surface area contributed by atoms with Crippen molar-refractivity contribution in [2.24, 2.45) is 67.5 Å². The number of aliphatic carboxylic acids is 1. The van der Waals surface area contributed by atoms with Crippen molar-refractivity contribution >= 4 is 23.8 Å². The highest BCUT2D eigenvalue weighted by Crippen LogP contribution is 2.77. The molecule has 1 heterocycles. The molecule has 8 nitrogen and oxygen atoms in total. The fourth-order valence-corrected chi connectivity index (χ4v) is 15.0. The Bertz CT molecular complexity index is 1500. The van der Waals surface area contributed by atoms with Gasteiger partial charge in [0.05, 0.1) is 17.3 Å². The van der Waals surface area contributed by atoms with Gasteiger partial charge in [0, 0.05) is 30.5 Å². The summed E-state index contributed by atoms with van der Waals surface area (Å²) in [5.74, 6) is 1.16. The molecule has 0 spiro atoms. The van der Waals surface area contributed by atoms with Gasteiger partial charge in [-0.1, -0.05) is 54.9 Å². The first kappa shape index (κ1) is 39.1. The molecule has 8 heteroatoms. The predicted octanol–water partition coefficient (Wildman–Crippen LogP) is 8.80. The largest absolute Gasteiger partial charge is 0.481 e. The number of ether oxygens (including phenoxy) is 1. The Morgan fingerprint density at radius 3 is 2.09 bits per heavy atom. The van der Waals surface area contributed by atoms with E-state index in [0.29, 0.717) is 29.6 Å². The summed E-state index contributed by atoms with van der Waals surface area (Å²) in [6, 6.07) is 0.0579. The number of likely N-dealkylation sites (tertiary alicyclic amines) is 1. The zero-order valence-electron chi connectivity index (χ0n) is 34.7. The normalized spacial score (nSPS) is 44.2. The van der Waals surface area contributed by atoms with Crippen molar-refractivity contribution < 1.29 is 29.0 Å². The minimum Gasteiger partial charge on any atom is -0.481 e. The van der Waals surface area contributed by atoms with Gasteiger partial charge in [0.1, 0.15) is 6.10 Å². The van der Waals surface area contributed by atoms with Crippen molar-refractivity contribution in [1.82, 2.24) is 10.2 Å². The summed E-state index contributed by atoms with van der Waals surface area (Å²) in [6.45, 7) is 21.7. The summed E-state index contributed by atoms with van der Waals surface area (Å²) in [7, 11) is 0. The number of amides is 2. The third-order valence-electron chi connectivity index (χ3n) is 18.7. The van der Waals surface area contributed by atoms with E-state index < -0.39 is 17.4 Å². The molecule has 0 radical (unpaired) electrons. The van der Waals surface area contributed by atoms with Gasteiger partial charge in [0.2, 0.25) is 11.8 Å². The van der Waals surface area contributed by atoms with E-state index in [-0.39, 0.29) is 62.9 Å². The summed E-state index contributed by atoms with van der Waals surface area (Å²) in [5, 5.41) is 13.2. The molecule has 6 saturated carbocycles. The van der Waals surface area contributed by atoms with E-state index in [1.165, 1.54) is 19.3 Å². The molecule has 2 N–H and O–H groups in total. The molecular formula is C45H72N2O6. The third kappa shape index (κ3) is 5.76. The number of carboxylic acids is 1. The number of carbonyl (C=O) groups excluding carboxylic acids is 3. The van der Waals surface area contributed by atoms with Crippen LogP contribution in [0.3, 0.4) is 0 Å². The number of rotatable bonds is 7. The van der Waals surface area contributed by atoms with Crippen LogP contribution in [-0.2, 0) is 23.9 Å². The maximum Gasteiger partial charge on any atom is 0.309 e. The van der Waals surface area contributed by atoms with Crippen LogP contribution in [0.2, 0.25) is 0 Å². The van der Waals surface area contributed by atoms with Crippen LogP contribution in [0.4, 0.5) is 0 Å². The molecular weight excluding hydrogens is 665 g/mol. The number of hydrogen-bond acceptors (Lipinski definition) is 5. The molecule has 7 aliphatic rings. The van der Waals surface area contributed by atoms with E-state index >= 15 is 0 Å². The maximum atomic E-state index is 14.7. The summed E-state index contributed by atoms with van der Waals surface area (Å²) in [6.07, 6.45) is 15.7. The Morgan fingerprint density at radius 2 is 1.43 bits per heavy atom. The number of carboxylic acid groups (broad SMARTS) is 1. The van der Waals surface area contributed by atoms with Gasteiger partial charge in [-0.05, 0) is 149 Å². The van der Waals surface area contributed by atoms with Gasteiger partial charge in [-0.15, -0.1) is 0 Å². The first-order chi connectivity index (χ1) is 24.6. The minimum absolute atomic E-state index is 0.000296. The Hall–Kier alpha value is -2.12. The molecule has 1 saturated heterocycles. The number of carbonyl (C=O) groups is 4. The van der Waals surface area contributed by atoms with Crippen LogP contribution in [0, 0.1) is 67.5 Å². The molecule has 0 aromatic carbocycles. The SMILES string of the molecule is CC(C)(CC(=O)O[C@H]1CC[C@@]2(C)C(CC[C@]3(C)C2CCC2C4CCC[C@]4(C(=O)NC4C[C@H](C(=O)N5CCCCC5)C4(C)C)CC[C@]23C)C1(C)C)C(=O)O. The maximum absolute atomic E-state index is 14.7. The molecule has 0 aromatic heterocycles. The van der Waals surface area contributed by atoms with Crippen LogP contribution in [0.25, 0.3) is 0 Å². The number of hydrogen-bond donors (Lipinski definition) is 2. The van der Waals surface area contributed by atoms with Crippen LogP contribution in [0.5, 0.6) is 0 Å². The summed E-state index contributed by atoms with van der Waals surface area (Å²) in [5.41, 5.74) is -1.38. The average molecular weight is 737 g/mol. The molecule has 11 atom stereocenters. The molecule has 53 heavy (non-hydrogen) atoms. The predicted molar refractivity (Wildman–Crippen MR) is 205 cm³/mol. The van der Waals surface area contributed by atoms with E-state index in [0.717, 1.165) is 90.1 Å². The van der Waals surface area contributed by atoms with Crippen LogP contribution >= 0.6 is 0 Å². The standard InChI is InChI=1S/C45H72N2O6/c1-39(2,38(51)52)27-35(48)53-34-18-20-42(7)31(41(34,5)6)17-21-44(9)32(42)16-15-28-29-14-13-19-45(29,23-22-43(28,44)8)37(50)46-33-26-30(40(33,3)4)36(49)47-24-11-10-12-25-47/h28-34H,10-27H2,1-9H3,(H,46,50)(H,51,52)/t28?,29?,30-,31?,32?,33?,34+,42+,43-,44-,45+/m1/s1. The fourth-order valence-electron chi connectivity index (χ4n) is 15.0. The van der Waals surface area contributed by atoms with E-state index in [1.54, 1.807) is 13.8 Å². The van der Waals surface area contributed by atoms with Gasteiger partial charge in [-0.3, -0.25) is 19.2 Å². The Kier molecular flexibility index (Phi) is 9.57.